The summed E-state index contributed by atoms with van der Waals surface area (Å²) in [4.78, 5) is 0. The third-order valence-corrected chi connectivity index (χ3v) is 3.93. The number of nitrogens with one attached hydrogen (secondary N) is 1. The Kier molecular flexibility index (Phi) is 6.34. The van der Waals surface area contributed by atoms with Gasteiger partial charge in [0.05, 0.1) is 6.61 Å². The molecule has 1 saturated heterocycles. The highest BCUT2D eigenvalue weighted by Crippen LogP contribution is 2.29. The number of hydrogen-bond donors (Lipinski definition) is 1. The number of benzene rings is 1. The normalized spacial score (nSPS) is 17.9. The molecule has 1 aromatic carbocycles. The van der Waals surface area contributed by atoms with Crippen molar-refractivity contribution in [1.82, 2.24) is 5.32 Å². The van der Waals surface area contributed by atoms with E-state index in [1.54, 1.807) is 0 Å². The number of rotatable bonds is 7. The highest BCUT2D eigenvalue weighted by Gasteiger charge is 2.20. The van der Waals surface area contributed by atoms with E-state index in [9.17, 15) is 0 Å². The fraction of sp³-hybridized carbons (Fsp3) is 0.647. The van der Waals surface area contributed by atoms with E-state index < -0.39 is 0 Å². The highest BCUT2D eigenvalue weighted by atomic mass is 16.5. The van der Waals surface area contributed by atoms with Crippen LogP contribution in [0.1, 0.15) is 44.7 Å². The molecular weight excluding hydrogens is 250 g/mol. The van der Waals surface area contributed by atoms with Gasteiger partial charge in [-0.05, 0) is 56.3 Å². The quantitative estimate of drug-likeness (QED) is 0.826. The second kappa shape index (κ2) is 8.28. The Hall–Kier alpha value is -1.06. The summed E-state index contributed by atoms with van der Waals surface area (Å²) in [6, 6.07) is 8.92. The summed E-state index contributed by atoms with van der Waals surface area (Å²) in [7, 11) is 0. The van der Waals surface area contributed by atoms with Crippen molar-refractivity contribution in [2.24, 2.45) is 5.92 Å². The van der Waals surface area contributed by atoms with Crippen molar-refractivity contribution in [3.05, 3.63) is 29.8 Å². The van der Waals surface area contributed by atoms with E-state index in [2.05, 4.69) is 30.4 Å². The van der Waals surface area contributed by atoms with E-state index in [1.807, 2.05) is 13.0 Å². The van der Waals surface area contributed by atoms with Gasteiger partial charge in [0.15, 0.2) is 0 Å². The zero-order chi connectivity index (χ0) is 14.2. The van der Waals surface area contributed by atoms with Gasteiger partial charge in [-0.3, -0.25) is 0 Å². The molecule has 1 fully saturated rings. The molecule has 112 valence electrons. The first-order valence-corrected chi connectivity index (χ1v) is 7.87. The van der Waals surface area contributed by atoms with Crippen LogP contribution in [0, 0.1) is 5.92 Å². The summed E-state index contributed by atoms with van der Waals surface area (Å²) in [5.41, 5.74) is 1.34. The van der Waals surface area contributed by atoms with Crippen molar-refractivity contribution in [2.45, 2.75) is 39.2 Å². The molecule has 0 bridgehead atoms. The average Bonchev–Trinajstić information content (AvgIpc) is 2.49. The zero-order valence-corrected chi connectivity index (χ0v) is 12.7. The van der Waals surface area contributed by atoms with Crippen molar-refractivity contribution >= 4 is 0 Å². The summed E-state index contributed by atoms with van der Waals surface area (Å²) < 4.78 is 11.1. The van der Waals surface area contributed by atoms with Gasteiger partial charge in [-0.1, -0.05) is 19.1 Å². The average molecular weight is 277 g/mol. The molecule has 1 heterocycles. The SMILES string of the molecule is CCNC(CC1CCOCC1)c1cccc(OCC)c1. The van der Waals surface area contributed by atoms with Crippen LogP contribution in [0.4, 0.5) is 0 Å². The van der Waals surface area contributed by atoms with Gasteiger partial charge in [-0.15, -0.1) is 0 Å². The molecule has 20 heavy (non-hydrogen) atoms. The van der Waals surface area contributed by atoms with Gasteiger partial charge in [0.1, 0.15) is 5.75 Å². The van der Waals surface area contributed by atoms with Gasteiger partial charge in [0.2, 0.25) is 0 Å². The lowest BCUT2D eigenvalue weighted by atomic mass is 9.89. The molecule has 1 aliphatic heterocycles. The maximum Gasteiger partial charge on any atom is 0.119 e. The summed E-state index contributed by atoms with van der Waals surface area (Å²) >= 11 is 0. The van der Waals surface area contributed by atoms with Crippen LogP contribution in [0.5, 0.6) is 5.75 Å². The Bertz CT molecular complexity index is 388. The van der Waals surface area contributed by atoms with Crippen molar-refractivity contribution in [3.8, 4) is 5.75 Å². The van der Waals surface area contributed by atoms with Crippen LogP contribution in [-0.4, -0.2) is 26.4 Å². The molecule has 0 saturated carbocycles. The summed E-state index contributed by atoms with van der Waals surface area (Å²) in [5.74, 6) is 1.74. The predicted molar refractivity (Wildman–Crippen MR) is 82.2 cm³/mol. The lowest BCUT2D eigenvalue weighted by Crippen LogP contribution is -2.26. The molecule has 0 radical (unpaired) electrons. The molecule has 0 aromatic heterocycles. The molecule has 1 atom stereocenters. The first-order valence-electron chi connectivity index (χ1n) is 7.87. The zero-order valence-electron chi connectivity index (χ0n) is 12.7. The molecular formula is C17H27NO2. The maximum atomic E-state index is 5.62. The molecule has 1 unspecified atom stereocenters. The third-order valence-electron chi connectivity index (χ3n) is 3.93. The van der Waals surface area contributed by atoms with Crippen LogP contribution < -0.4 is 10.1 Å². The fourth-order valence-corrected chi connectivity index (χ4v) is 2.89. The maximum absolute atomic E-state index is 5.62. The van der Waals surface area contributed by atoms with E-state index in [4.69, 9.17) is 9.47 Å². The number of hydrogen-bond acceptors (Lipinski definition) is 3. The Morgan fingerprint density at radius 2 is 2.10 bits per heavy atom. The van der Waals surface area contributed by atoms with Crippen LogP contribution in [0.25, 0.3) is 0 Å². The summed E-state index contributed by atoms with van der Waals surface area (Å²) in [5, 5.41) is 3.62. The lowest BCUT2D eigenvalue weighted by molar-refractivity contribution is 0.0605. The van der Waals surface area contributed by atoms with Crippen LogP contribution in [0.2, 0.25) is 0 Å². The first kappa shape index (κ1) is 15.3. The first-order chi connectivity index (χ1) is 9.83. The van der Waals surface area contributed by atoms with Gasteiger partial charge < -0.3 is 14.8 Å². The lowest BCUT2D eigenvalue weighted by Gasteiger charge is -2.27. The fourth-order valence-electron chi connectivity index (χ4n) is 2.89. The smallest absolute Gasteiger partial charge is 0.119 e. The van der Waals surface area contributed by atoms with E-state index in [0.29, 0.717) is 6.04 Å². The largest absolute Gasteiger partial charge is 0.494 e. The second-order valence-electron chi connectivity index (χ2n) is 5.41. The van der Waals surface area contributed by atoms with Crippen LogP contribution in [-0.2, 0) is 4.74 Å². The van der Waals surface area contributed by atoms with Crippen molar-refractivity contribution in [3.63, 3.8) is 0 Å². The standard InChI is InChI=1S/C17H27NO2/c1-3-18-17(12-14-8-10-19-11-9-14)15-6-5-7-16(13-15)20-4-2/h5-7,13-14,17-18H,3-4,8-12H2,1-2H3. The van der Waals surface area contributed by atoms with Gasteiger partial charge in [0, 0.05) is 19.3 Å². The van der Waals surface area contributed by atoms with Gasteiger partial charge in [-0.2, -0.15) is 0 Å². The van der Waals surface area contributed by atoms with E-state index in [1.165, 1.54) is 24.8 Å². The molecule has 1 aromatic rings. The van der Waals surface area contributed by atoms with Gasteiger partial charge >= 0.3 is 0 Å². The second-order valence-corrected chi connectivity index (χ2v) is 5.41. The Morgan fingerprint density at radius 3 is 2.80 bits per heavy atom. The highest BCUT2D eigenvalue weighted by molar-refractivity contribution is 5.30. The molecule has 2 rings (SSSR count). The molecule has 0 amide bonds. The minimum Gasteiger partial charge on any atom is -0.494 e. The Labute approximate surface area is 122 Å². The topological polar surface area (TPSA) is 30.5 Å². The predicted octanol–water partition coefficient (Wildman–Crippen LogP) is 3.55. The van der Waals surface area contributed by atoms with E-state index in [0.717, 1.165) is 38.0 Å². The monoisotopic (exact) mass is 277 g/mol. The van der Waals surface area contributed by atoms with Crippen LogP contribution >= 0.6 is 0 Å². The molecule has 0 aliphatic carbocycles. The summed E-state index contributed by atoms with van der Waals surface area (Å²) in [6.45, 7) is 7.74. The minimum absolute atomic E-state index is 0.420. The molecule has 1 N–H and O–H groups in total. The van der Waals surface area contributed by atoms with Gasteiger partial charge in [0.25, 0.3) is 0 Å². The van der Waals surface area contributed by atoms with Crippen molar-refractivity contribution < 1.29 is 9.47 Å². The molecule has 3 heteroatoms. The minimum atomic E-state index is 0.420. The van der Waals surface area contributed by atoms with E-state index >= 15 is 0 Å². The molecule has 0 spiro atoms. The van der Waals surface area contributed by atoms with Crippen molar-refractivity contribution in [1.29, 1.82) is 0 Å². The molecule has 1 aliphatic rings. The summed E-state index contributed by atoms with van der Waals surface area (Å²) in [6.07, 6.45) is 3.56. The van der Waals surface area contributed by atoms with E-state index in [-0.39, 0.29) is 0 Å². The van der Waals surface area contributed by atoms with Crippen molar-refractivity contribution in [2.75, 3.05) is 26.4 Å². The van der Waals surface area contributed by atoms with Crippen LogP contribution in [0.15, 0.2) is 24.3 Å². The third kappa shape index (κ3) is 4.50. The Morgan fingerprint density at radius 1 is 1.30 bits per heavy atom. The molecule has 3 nitrogen and oxygen atoms in total. The van der Waals surface area contributed by atoms with Crippen LogP contribution in [0.3, 0.4) is 0 Å². The van der Waals surface area contributed by atoms with Gasteiger partial charge in [-0.25, -0.2) is 0 Å². The number of ether oxygens (including phenoxy) is 2. The Balaban J connectivity index is 2.04.